The highest BCUT2D eigenvalue weighted by Gasteiger charge is 2.26. The highest BCUT2D eigenvalue weighted by Crippen LogP contribution is 2.33. The van der Waals surface area contributed by atoms with E-state index in [1.807, 2.05) is 10.8 Å². The minimum atomic E-state index is -0.275. The predicted molar refractivity (Wildman–Crippen MR) is 138 cm³/mol. The zero-order valence-electron chi connectivity index (χ0n) is 20.3. The van der Waals surface area contributed by atoms with E-state index in [9.17, 15) is 9.90 Å². The first-order chi connectivity index (χ1) is 16.5. The molecule has 2 aromatic heterocycles. The molecule has 3 aromatic rings. The van der Waals surface area contributed by atoms with E-state index in [4.69, 9.17) is 4.98 Å². The summed E-state index contributed by atoms with van der Waals surface area (Å²) >= 11 is 0. The molecule has 0 atom stereocenters. The van der Waals surface area contributed by atoms with E-state index in [-0.39, 0.29) is 17.7 Å². The molecule has 34 heavy (non-hydrogen) atoms. The number of fused-ring (bicyclic) bond motifs is 3. The number of likely N-dealkylation sites (N-methyl/N-ethyl adjacent to an activating group) is 1. The first kappa shape index (κ1) is 23.1. The number of nitrogens with one attached hydrogen (secondary N) is 1. The molecule has 1 aliphatic heterocycles. The van der Waals surface area contributed by atoms with Crippen molar-refractivity contribution in [3.63, 3.8) is 0 Å². The van der Waals surface area contributed by atoms with Crippen molar-refractivity contribution in [2.24, 2.45) is 0 Å². The highest BCUT2D eigenvalue weighted by atomic mass is 16.3. The van der Waals surface area contributed by atoms with Gasteiger partial charge in [0.15, 0.2) is 0 Å². The summed E-state index contributed by atoms with van der Waals surface area (Å²) in [6, 6.07) is 6.29. The summed E-state index contributed by atoms with van der Waals surface area (Å²) in [5, 5.41) is 15.9. The largest absolute Gasteiger partial charge is 0.393 e. The third-order valence-electron chi connectivity index (χ3n) is 7.45. The first-order valence-electron chi connectivity index (χ1n) is 12.8. The number of hydrogen-bond acceptors (Lipinski definition) is 7. The number of rotatable bonds is 6. The molecule has 5 rings (SSSR count). The number of aromatic nitrogens is 3. The third kappa shape index (κ3) is 4.49. The zero-order chi connectivity index (χ0) is 23.7. The molecule has 0 amide bonds. The standard InChI is InChI=1S/C26H36N6O2/c1-3-4-11-27-26-28-17-23-21-10-7-19(31-14-12-30(2)13-15-31)16-22(21)25(34)32(24(23)29-26)18-5-8-20(33)9-6-18/h7,10,16-18,20,33H,3-6,8-9,11-15H2,1-2H3,(H,27,28,29). The van der Waals surface area contributed by atoms with Gasteiger partial charge in [-0.05, 0) is 56.7 Å². The van der Waals surface area contributed by atoms with Crippen LogP contribution in [-0.4, -0.2) is 70.4 Å². The van der Waals surface area contributed by atoms with Crippen molar-refractivity contribution >= 4 is 33.4 Å². The Kier molecular flexibility index (Phi) is 6.70. The van der Waals surface area contributed by atoms with Gasteiger partial charge in [-0.3, -0.25) is 9.36 Å². The van der Waals surface area contributed by atoms with Crippen molar-refractivity contribution in [3.8, 4) is 0 Å². The van der Waals surface area contributed by atoms with Crippen LogP contribution in [0.15, 0.2) is 29.2 Å². The summed E-state index contributed by atoms with van der Waals surface area (Å²) in [7, 11) is 2.15. The van der Waals surface area contributed by atoms with Crippen LogP contribution >= 0.6 is 0 Å². The lowest BCUT2D eigenvalue weighted by atomic mass is 9.92. The molecule has 2 aliphatic rings. The lowest BCUT2D eigenvalue weighted by molar-refractivity contribution is 0.111. The highest BCUT2D eigenvalue weighted by molar-refractivity contribution is 6.05. The number of piperazine rings is 1. The Morgan fingerprint density at radius 2 is 1.82 bits per heavy atom. The van der Waals surface area contributed by atoms with E-state index in [0.29, 0.717) is 24.4 Å². The van der Waals surface area contributed by atoms with Crippen LogP contribution in [0.5, 0.6) is 0 Å². The number of unbranched alkanes of at least 4 members (excludes halogenated alkanes) is 1. The Morgan fingerprint density at radius 1 is 1.06 bits per heavy atom. The molecule has 0 bridgehead atoms. The molecule has 1 saturated heterocycles. The number of aliphatic hydroxyl groups excluding tert-OH is 1. The van der Waals surface area contributed by atoms with Gasteiger partial charge in [0.2, 0.25) is 5.95 Å². The van der Waals surface area contributed by atoms with Gasteiger partial charge in [-0.2, -0.15) is 4.98 Å². The summed E-state index contributed by atoms with van der Waals surface area (Å²) in [6.07, 6.45) is 6.71. The summed E-state index contributed by atoms with van der Waals surface area (Å²) in [5.41, 5.74) is 1.81. The van der Waals surface area contributed by atoms with Gasteiger partial charge in [-0.25, -0.2) is 4.98 Å². The van der Waals surface area contributed by atoms with Gasteiger partial charge < -0.3 is 20.2 Å². The van der Waals surface area contributed by atoms with Crippen LogP contribution < -0.4 is 15.8 Å². The predicted octanol–water partition coefficient (Wildman–Crippen LogP) is 3.38. The maximum atomic E-state index is 14.0. The van der Waals surface area contributed by atoms with Crippen LogP contribution in [0, 0.1) is 0 Å². The van der Waals surface area contributed by atoms with Crippen molar-refractivity contribution in [2.45, 2.75) is 57.6 Å². The van der Waals surface area contributed by atoms with E-state index in [0.717, 1.165) is 80.3 Å². The number of anilines is 2. The lowest BCUT2D eigenvalue weighted by Gasteiger charge is -2.34. The van der Waals surface area contributed by atoms with Crippen molar-refractivity contribution < 1.29 is 5.11 Å². The van der Waals surface area contributed by atoms with Gasteiger partial charge in [-0.1, -0.05) is 19.4 Å². The molecule has 1 saturated carbocycles. The fourth-order valence-electron chi connectivity index (χ4n) is 5.30. The summed E-state index contributed by atoms with van der Waals surface area (Å²) in [4.78, 5) is 28.1. The molecule has 0 spiro atoms. The zero-order valence-corrected chi connectivity index (χ0v) is 20.3. The number of benzene rings is 1. The lowest BCUT2D eigenvalue weighted by Crippen LogP contribution is -2.44. The fourth-order valence-corrected chi connectivity index (χ4v) is 5.30. The number of nitrogens with zero attached hydrogens (tertiary/aromatic N) is 5. The molecule has 0 unspecified atom stereocenters. The number of hydrogen-bond donors (Lipinski definition) is 2. The van der Waals surface area contributed by atoms with E-state index >= 15 is 0 Å². The molecular weight excluding hydrogens is 428 g/mol. The van der Waals surface area contributed by atoms with E-state index < -0.39 is 0 Å². The average Bonchev–Trinajstić information content (AvgIpc) is 2.85. The van der Waals surface area contributed by atoms with Gasteiger partial charge in [0.1, 0.15) is 5.65 Å². The number of pyridine rings is 1. The van der Waals surface area contributed by atoms with Crippen LogP contribution in [0.4, 0.5) is 11.6 Å². The van der Waals surface area contributed by atoms with E-state index in [1.165, 1.54) is 0 Å². The maximum Gasteiger partial charge on any atom is 0.260 e. The fraction of sp³-hybridized carbons (Fsp3) is 0.577. The smallest absolute Gasteiger partial charge is 0.260 e. The monoisotopic (exact) mass is 464 g/mol. The molecule has 2 N–H and O–H groups in total. The van der Waals surface area contributed by atoms with Crippen LogP contribution in [0.1, 0.15) is 51.5 Å². The molecular formula is C26H36N6O2. The summed E-state index contributed by atoms with van der Waals surface area (Å²) in [5.74, 6) is 0.568. The quantitative estimate of drug-likeness (QED) is 0.427. The second-order valence-electron chi connectivity index (χ2n) is 9.87. The minimum Gasteiger partial charge on any atom is -0.393 e. The molecule has 182 valence electrons. The average molecular weight is 465 g/mol. The molecule has 1 aromatic carbocycles. The topological polar surface area (TPSA) is 86.5 Å². The maximum absolute atomic E-state index is 14.0. The SMILES string of the molecule is CCCCNc1ncc2c3ccc(N4CCN(C)CC4)cc3c(=O)n(C3CCC(O)CC3)c2n1. The Bertz CT molecular complexity index is 1210. The minimum absolute atomic E-state index is 0.0121. The van der Waals surface area contributed by atoms with Crippen molar-refractivity contribution in [2.75, 3.05) is 50.0 Å². The van der Waals surface area contributed by atoms with Crippen LogP contribution in [0.3, 0.4) is 0 Å². The molecule has 3 heterocycles. The molecule has 2 fully saturated rings. The van der Waals surface area contributed by atoms with Crippen molar-refractivity contribution in [1.29, 1.82) is 0 Å². The van der Waals surface area contributed by atoms with Gasteiger partial charge in [0.05, 0.1) is 11.5 Å². The summed E-state index contributed by atoms with van der Waals surface area (Å²) < 4.78 is 1.89. The van der Waals surface area contributed by atoms with Crippen LogP contribution in [0.2, 0.25) is 0 Å². The van der Waals surface area contributed by atoms with Crippen molar-refractivity contribution in [1.82, 2.24) is 19.4 Å². The van der Waals surface area contributed by atoms with Crippen LogP contribution in [-0.2, 0) is 0 Å². The van der Waals surface area contributed by atoms with Gasteiger partial charge in [0.25, 0.3) is 5.56 Å². The van der Waals surface area contributed by atoms with Gasteiger partial charge >= 0.3 is 0 Å². The Morgan fingerprint density at radius 3 is 2.56 bits per heavy atom. The number of aliphatic hydroxyl groups is 1. The Labute approximate surface area is 200 Å². The second kappa shape index (κ2) is 9.88. The first-order valence-corrected chi connectivity index (χ1v) is 12.8. The molecule has 0 radical (unpaired) electrons. The van der Waals surface area contributed by atoms with Gasteiger partial charge in [-0.15, -0.1) is 0 Å². The van der Waals surface area contributed by atoms with Crippen LogP contribution in [0.25, 0.3) is 21.8 Å². The van der Waals surface area contributed by atoms with E-state index in [1.54, 1.807) is 0 Å². The van der Waals surface area contributed by atoms with E-state index in [2.05, 4.69) is 52.3 Å². The second-order valence-corrected chi connectivity index (χ2v) is 9.87. The van der Waals surface area contributed by atoms with Crippen molar-refractivity contribution in [3.05, 3.63) is 34.7 Å². The Hall–Kier alpha value is -2.71. The molecule has 8 heteroatoms. The summed E-state index contributed by atoms with van der Waals surface area (Å²) in [6.45, 7) is 6.92. The van der Waals surface area contributed by atoms with Gasteiger partial charge in [0, 0.05) is 56.0 Å². The Balaban J connectivity index is 1.63. The third-order valence-corrected chi connectivity index (χ3v) is 7.45. The normalized spacial score (nSPS) is 21.9. The molecule has 8 nitrogen and oxygen atoms in total. The molecule has 1 aliphatic carbocycles.